The maximum Gasteiger partial charge on any atom is 0.326 e. The van der Waals surface area contributed by atoms with Crippen molar-refractivity contribution >= 4 is 33.4 Å². The van der Waals surface area contributed by atoms with Gasteiger partial charge in [-0.2, -0.15) is 0 Å². The maximum atomic E-state index is 13.0. The van der Waals surface area contributed by atoms with Crippen molar-refractivity contribution in [1.29, 1.82) is 0 Å². The van der Waals surface area contributed by atoms with Crippen molar-refractivity contribution in [1.82, 2.24) is 14.9 Å². The fraction of sp³-hybridized carbons (Fsp3) is 0.333. The van der Waals surface area contributed by atoms with Crippen LogP contribution in [0.2, 0.25) is 0 Å². The molecular weight excluding hydrogens is 390 g/mol. The molecule has 0 saturated heterocycles. The summed E-state index contributed by atoms with van der Waals surface area (Å²) in [6, 6.07) is 7.88. The number of fused-ring (bicyclic) bond motifs is 1. The lowest BCUT2D eigenvalue weighted by Gasteiger charge is -2.13. The third-order valence-electron chi connectivity index (χ3n) is 4.45. The number of rotatable bonds is 7. The summed E-state index contributed by atoms with van der Waals surface area (Å²) < 4.78 is 6.37. The third-order valence-corrected chi connectivity index (χ3v) is 5.34. The summed E-state index contributed by atoms with van der Waals surface area (Å²) in [6.45, 7) is 5.64. The topological polar surface area (TPSA) is 90.3 Å². The van der Waals surface area contributed by atoms with Crippen molar-refractivity contribution < 1.29 is 14.3 Å². The monoisotopic (exact) mass is 413 g/mol. The van der Waals surface area contributed by atoms with E-state index >= 15 is 0 Å². The molecule has 0 aliphatic heterocycles. The number of carbonyl (C=O) groups excluding carboxylic acids is 2. The van der Waals surface area contributed by atoms with Crippen LogP contribution in [0.5, 0.6) is 0 Å². The second-order valence-corrected chi connectivity index (χ2v) is 7.65. The molecule has 0 unspecified atom stereocenters. The predicted octanol–water partition coefficient (Wildman–Crippen LogP) is 2.89. The number of hydrogen-bond acceptors (Lipinski definition) is 6. The number of esters is 1. The van der Waals surface area contributed by atoms with E-state index in [2.05, 4.69) is 10.3 Å². The van der Waals surface area contributed by atoms with Crippen LogP contribution in [-0.2, 0) is 20.9 Å². The molecule has 8 heteroatoms. The molecule has 2 aromatic heterocycles. The molecule has 0 aliphatic carbocycles. The van der Waals surface area contributed by atoms with Crippen molar-refractivity contribution in [3.05, 3.63) is 51.9 Å². The average Bonchev–Trinajstić information content (AvgIpc) is 3.13. The molecule has 152 valence electrons. The first-order valence-corrected chi connectivity index (χ1v) is 10.3. The largest absolute Gasteiger partial charge is 0.451 e. The van der Waals surface area contributed by atoms with Crippen LogP contribution in [0.25, 0.3) is 21.3 Å². The minimum absolute atomic E-state index is 0.309. The molecular formula is C21H23N3O4S. The molecule has 7 nitrogen and oxygen atoms in total. The van der Waals surface area contributed by atoms with Crippen molar-refractivity contribution in [2.24, 2.45) is 0 Å². The molecule has 2 heterocycles. The molecule has 0 fully saturated rings. The van der Waals surface area contributed by atoms with Crippen LogP contribution < -0.4 is 10.9 Å². The van der Waals surface area contributed by atoms with Gasteiger partial charge in [0.05, 0.1) is 11.7 Å². The summed E-state index contributed by atoms with van der Waals surface area (Å²) in [7, 11) is 0. The van der Waals surface area contributed by atoms with E-state index in [0.29, 0.717) is 16.8 Å². The number of aromatic nitrogens is 2. The number of hydrogen-bond donors (Lipinski definition) is 1. The molecule has 1 atom stereocenters. The lowest BCUT2D eigenvalue weighted by atomic mass is 10.1. The van der Waals surface area contributed by atoms with Gasteiger partial charge in [0.25, 0.3) is 11.5 Å². The number of aryl methyl sites for hydroxylation is 1. The number of ether oxygens (including phenoxy) is 1. The van der Waals surface area contributed by atoms with Gasteiger partial charge in [-0.3, -0.25) is 19.0 Å². The van der Waals surface area contributed by atoms with E-state index in [9.17, 15) is 14.4 Å². The van der Waals surface area contributed by atoms with Gasteiger partial charge in [0.2, 0.25) is 0 Å². The SMILES string of the molecule is CCCNC(=O)[C@@H](C)OC(=O)Cn1cnc2scc(-c3ccc(C)cc3)c2c1=O. The van der Waals surface area contributed by atoms with Gasteiger partial charge in [-0.1, -0.05) is 36.8 Å². The van der Waals surface area contributed by atoms with E-state index in [0.717, 1.165) is 23.1 Å². The van der Waals surface area contributed by atoms with Crippen LogP contribution in [0.3, 0.4) is 0 Å². The van der Waals surface area contributed by atoms with Gasteiger partial charge in [0.15, 0.2) is 6.10 Å². The minimum atomic E-state index is -0.925. The Bertz CT molecular complexity index is 1090. The smallest absolute Gasteiger partial charge is 0.326 e. The standard InChI is InChI=1S/C21H23N3O4S/c1-4-9-22-19(26)14(3)28-17(25)10-24-12-23-20-18(21(24)27)16(11-29-20)15-7-5-13(2)6-8-15/h5-8,11-12,14H,4,9-10H2,1-3H3,(H,22,26)/t14-/m1/s1. The lowest BCUT2D eigenvalue weighted by molar-refractivity contribution is -0.155. The summed E-state index contributed by atoms with van der Waals surface area (Å²) in [5.41, 5.74) is 2.52. The fourth-order valence-electron chi connectivity index (χ4n) is 2.84. The van der Waals surface area contributed by atoms with E-state index in [4.69, 9.17) is 4.74 Å². The second-order valence-electron chi connectivity index (χ2n) is 6.80. The molecule has 0 spiro atoms. The number of thiophene rings is 1. The summed E-state index contributed by atoms with van der Waals surface area (Å²) in [5, 5.41) is 5.04. The van der Waals surface area contributed by atoms with Gasteiger partial charge < -0.3 is 10.1 Å². The van der Waals surface area contributed by atoms with Crippen molar-refractivity contribution in [3.8, 4) is 11.1 Å². The highest BCUT2D eigenvalue weighted by Gasteiger charge is 2.19. The van der Waals surface area contributed by atoms with Gasteiger partial charge in [-0.25, -0.2) is 4.98 Å². The Morgan fingerprint density at radius 1 is 1.28 bits per heavy atom. The number of carbonyl (C=O) groups is 2. The first-order valence-electron chi connectivity index (χ1n) is 9.41. The molecule has 0 radical (unpaired) electrons. The Balaban J connectivity index is 1.82. The highest BCUT2D eigenvalue weighted by Crippen LogP contribution is 2.30. The zero-order valence-corrected chi connectivity index (χ0v) is 17.4. The Labute approximate surface area is 172 Å². The van der Waals surface area contributed by atoms with Crippen LogP contribution in [0.4, 0.5) is 0 Å². The Morgan fingerprint density at radius 2 is 2.00 bits per heavy atom. The van der Waals surface area contributed by atoms with Crippen molar-refractivity contribution in [3.63, 3.8) is 0 Å². The van der Waals surface area contributed by atoms with E-state index in [1.807, 2.05) is 43.5 Å². The predicted molar refractivity (Wildman–Crippen MR) is 113 cm³/mol. The van der Waals surface area contributed by atoms with Crippen LogP contribution >= 0.6 is 11.3 Å². The van der Waals surface area contributed by atoms with Gasteiger partial charge in [-0.15, -0.1) is 11.3 Å². The first kappa shape index (κ1) is 20.7. The fourth-order valence-corrected chi connectivity index (χ4v) is 3.75. The van der Waals surface area contributed by atoms with E-state index in [1.54, 1.807) is 0 Å². The van der Waals surface area contributed by atoms with Crippen LogP contribution in [-0.4, -0.2) is 34.1 Å². The molecule has 1 N–H and O–H groups in total. The highest BCUT2D eigenvalue weighted by atomic mass is 32.1. The zero-order chi connectivity index (χ0) is 21.0. The molecule has 0 saturated carbocycles. The summed E-state index contributed by atoms with van der Waals surface area (Å²) >= 11 is 1.38. The molecule has 29 heavy (non-hydrogen) atoms. The minimum Gasteiger partial charge on any atom is -0.451 e. The molecule has 1 amide bonds. The summed E-state index contributed by atoms with van der Waals surface area (Å²) in [6.07, 6.45) is 1.20. The van der Waals surface area contributed by atoms with Crippen LogP contribution in [0.1, 0.15) is 25.8 Å². The molecule has 0 aliphatic rings. The number of nitrogens with one attached hydrogen (secondary N) is 1. The van der Waals surface area contributed by atoms with Crippen LogP contribution in [0.15, 0.2) is 40.8 Å². The number of amides is 1. The Hall–Kier alpha value is -3.00. The molecule has 1 aromatic carbocycles. The van der Waals surface area contributed by atoms with Gasteiger partial charge in [0.1, 0.15) is 11.4 Å². The quantitative estimate of drug-likeness (QED) is 0.602. The number of nitrogens with zero attached hydrogens (tertiary/aromatic N) is 2. The Morgan fingerprint density at radius 3 is 2.69 bits per heavy atom. The normalized spacial score (nSPS) is 12.0. The third kappa shape index (κ3) is 4.71. The molecule has 3 aromatic rings. The van der Waals surface area contributed by atoms with Gasteiger partial charge in [-0.05, 0) is 25.8 Å². The van der Waals surface area contributed by atoms with Crippen LogP contribution in [0, 0.1) is 6.92 Å². The second kappa shape index (κ2) is 9.00. The van der Waals surface area contributed by atoms with E-state index < -0.39 is 12.1 Å². The maximum absolute atomic E-state index is 13.0. The summed E-state index contributed by atoms with van der Waals surface area (Å²) in [5.74, 6) is -1.03. The van der Waals surface area contributed by atoms with Gasteiger partial charge in [0, 0.05) is 17.5 Å². The lowest BCUT2D eigenvalue weighted by Crippen LogP contribution is -2.37. The highest BCUT2D eigenvalue weighted by molar-refractivity contribution is 7.17. The first-order chi connectivity index (χ1) is 13.9. The molecule has 0 bridgehead atoms. The Kier molecular flexibility index (Phi) is 6.43. The summed E-state index contributed by atoms with van der Waals surface area (Å²) in [4.78, 5) is 42.0. The van der Waals surface area contributed by atoms with E-state index in [-0.39, 0.29) is 18.0 Å². The average molecular weight is 413 g/mol. The van der Waals surface area contributed by atoms with Crippen molar-refractivity contribution in [2.75, 3.05) is 6.54 Å². The number of benzene rings is 1. The van der Waals surface area contributed by atoms with Crippen molar-refractivity contribution in [2.45, 2.75) is 39.8 Å². The zero-order valence-electron chi connectivity index (χ0n) is 16.6. The van der Waals surface area contributed by atoms with E-state index in [1.165, 1.54) is 29.2 Å². The molecule has 3 rings (SSSR count). The van der Waals surface area contributed by atoms with Gasteiger partial charge >= 0.3 is 5.97 Å².